The van der Waals surface area contributed by atoms with E-state index in [-0.39, 0.29) is 5.91 Å². The summed E-state index contributed by atoms with van der Waals surface area (Å²) in [5.41, 5.74) is 0.776. The van der Waals surface area contributed by atoms with Gasteiger partial charge in [0.2, 0.25) is 11.3 Å². The quantitative estimate of drug-likeness (QED) is 0.455. The van der Waals surface area contributed by atoms with E-state index in [0.29, 0.717) is 4.36 Å². The molecule has 0 heterocycles. The van der Waals surface area contributed by atoms with E-state index in [1.165, 1.54) is 18.7 Å². The third-order valence-electron chi connectivity index (χ3n) is 4.43. The summed E-state index contributed by atoms with van der Waals surface area (Å²) in [7, 11) is -7.34. The van der Waals surface area contributed by atoms with Gasteiger partial charge in [0, 0.05) is 6.92 Å². The van der Waals surface area contributed by atoms with E-state index in [0.717, 1.165) is 21.4 Å². The van der Waals surface area contributed by atoms with Crippen molar-refractivity contribution in [1.29, 1.82) is 0 Å². The molecule has 3 aromatic rings. The molecule has 1 amide bonds. The van der Waals surface area contributed by atoms with Crippen molar-refractivity contribution in [3.8, 4) is 0 Å². The Bertz CT molecular complexity index is 962. The number of hydrogen-bond acceptors (Lipinski definition) is 6. The first-order valence-electron chi connectivity index (χ1n) is 9.50. The van der Waals surface area contributed by atoms with E-state index < -0.39 is 17.5 Å². The van der Waals surface area contributed by atoms with Crippen LogP contribution in [0.25, 0.3) is 0 Å². The summed E-state index contributed by atoms with van der Waals surface area (Å²) in [4.78, 5) is 12.2. The number of hydrogen-bond donors (Lipinski definition) is 1. The van der Waals surface area contributed by atoms with Gasteiger partial charge in [0.25, 0.3) is 0 Å². The number of carbonyl (C=O) groups is 1. The Morgan fingerprint density at radius 1 is 0.788 bits per heavy atom. The highest BCUT2D eigenvalue weighted by atomic mass is 35.7. The van der Waals surface area contributed by atoms with Crippen LogP contribution in [0, 0.1) is 10.2 Å². The van der Waals surface area contributed by atoms with E-state index in [2.05, 4.69) is 41.7 Å². The summed E-state index contributed by atoms with van der Waals surface area (Å²) >= 11 is 8.21. The summed E-state index contributed by atoms with van der Waals surface area (Å²) < 4.78 is 34.6. The van der Waals surface area contributed by atoms with Gasteiger partial charge in [-0.25, -0.2) is 18.6 Å². The molecule has 0 saturated carbocycles. The topological polar surface area (TPSA) is 121 Å². The van der Waals surface area contributed by atoms with Crippen molar-refractivity contribution < 1.29 is 33.7 Å². The fraction of sp³-hybridized carbons (Fsp3) is 0.0870. The lowest BCUT2D eigenvalue weighted by Crippen LogP contribution is -2.68. The van der Waals surface area contributed by atoms with E-state index >= 15 is 0 Å². The number of nitrogens with one attached hydrogen (secondary N) is 1. The minimum Gasteiger partial charge on any atom is -0.295 e. The molecule has 0 unspecified atom stereocenters. The molecule has 10 heteroatoms. The van der Waals surface area contributed by atoms with Crippen LogP contribution in [0.5, 0.6) is 0 Å². The second-order valence-corrected chi connectivity index (χ2v) is 12.1. The van der Waals surface area contributed by atoms with Crippen LogP contribution in [-0.2, 0) is 4.79 Å². The molecule has 6 nitrogen and oxygen atoms in total. The van der Waals surface area contributed by atoms with Crippen LogP contribution in [0.1, 0.15) is 6.92 Å². The van der Waals surface area contributed by atoms with Gasteiger partial charge in [-0.05, 0) is 42.7 Å². The molecule has 0 bridgehead atoms. The molecule has 0 atom stereocenters. The van der Waals surface area contributed by atoms with Crippen LogP contribution >= 0.6 is 30.6 Å². The zero-order valence-corrected chi connectivity index (χ0v) is 21.0. The van der Waals surface area contributed by atoms with Crippen LogP contribution in [0.4, 0.5) is 0 Å². The minimum atomic E-state index is -4.94. The molecule has 0 saturated heterocycles. The molecule has 0 aliphatic heterocycles. The van der Waals surface area contributed by atoms with Gasteiger partial charge in [0.1, 0.15) is 20.3 Å². The van der Waals surface area contributed by atoms with Crippen LogP contribution in [0.2, 0.25) is 0 Å². The van der Waals surface area contributed by atoms with Crippen molar-refractivity contribution in [2.75, 3.05) is 6.26 Å². The van der Waals surface area contributed by atoms with Crippen molar-refractivity contribution in [2.45, 2.75) is 6.92 Å². The number of thioether (sulfide) groups is 1. The third-order valence-corrected chi connectivity index (χ3v) is 10.1. The Morgan fingerprint density at radius 3 is 1.33 bits per heavy atom. The largest absolute Gasteiger partial charge is 0.295 e. The Kier molecular flexibility index (Phi) is 10.4. The zero-order valence-electron chi connectivity index (χ0n) is 17.8. The molecule has 0 fully saturated rings. The normalized spacial score (nSPS) is 12.2. The smallest absolute Gasteiger partial charge is 0.223 e. The monoisotopic (exact) mass is 525 g/mol. The standard InChI is InChI=1S/C23H21ClNOPS.ClHO4/c1-18(26)25-23(22(24)28-2)27(19-12-6-3-7-13-19,20-14-8-4-9-15-20)21-16-10-5-11-17-21;2-1(3,4)5/h3-17H,1-2H3;(H,2,3,4,5)/b23-22-;. The molecule has 1 N–H and O–H groups in total. The molecule has 0 aromatic heterocycles. The average molecular weight is 526 g/mol. The van der Waals surface area contributed by atoms with Gasteiger partial charge >= 0.3 is 0 Å². The number of rotatable bonds is 6. The molecule has 3 aromatic carbocycles. The highest BCUT2D eigenvalue weighted by molar-refractivity contribution is 8.05. The van der Waals surface area contributed by atoms with Gasteiger partial charge in [0.15, 0.2) is 7.26 Å². The third kappa shape index (κ3) is 7.54. The molecule has 0 aliphatic rings. The van der Waals surface area contributed by atoms with Gasteiger partial charge < -0.3 is 0 Å². The molecular formula is C23H22Cl2NO5PS. The lowest BCUT2D eigenvalue weighted by Gasteiger charge is -2.29. The second kappa shape index (κ2) is 12.5. The lowest BCUT2D eigenvalue weighted by atomic mass is 10.4. The molecule has 0 aliphatic carbocycles. The van der Waals surface area contributed by atoms with Gasteiger partial charge in [-0.2, -0.15) is 0 Å². The fourth-order valence-electron chi connectivity index (χ4n) is 3.32. The predicted molar refractivity (Wildman–Crippen MR) is 125 cm³/mol. The SMILES string of the molecule is CS/C(Cl)=C(/NC(C)=O)[P+](c1ccccc1)(c1ccccc1)c1ccccc1.[O-][Cl+3]([O-])([O-])[O-]. The van der Waals surface area contributed by atoms with Crippen LogP contribution in [0.15, 0.2) is 101 Å². The Balaban J connectivity index is 0.000000696. The van der Waals surface area contributed by atoms with Gasteiger partial charge in [-0.1, -0.05) is 66.2 Å². The predicted octanol–water partition coefficient (Wildman–Crippen LogP) is 0.0890. The van der Waals surface area contributed by atoms with Crippen molar-refractivity contribution in [3.05, 3.63) is 101 Å². The minimum absolute atomic E-state index is 0.130. The van der Waals surface area contributed by atoms with Crippen LogP contribution in [0.3, 0.4) is 0 Å². The molecule has 33 heavy (non-hydrogen) atoms. The first-order chi connectivity index (χ1) is 15.6. The van der Waals surface area contributed by atoms with Gasteiger partial charge in [-0.3, -0.25) is 10.1 Å². The maximum absolute atomic E-state index is 12.2. The molecule has 0 spiro atoms. The van der Waals surface area contributed by atoms with Crippen LogP contribution < -0.4 is 39.9 Å². The van der Waals surface area contributed by atoms with Gasteiger partial charge in [-0.15, -0.1) is 22.0 Å². The zero-order chi connectivity index (χ0) is 24.5. The van der Waals surface area contributed by atoms with Crippen LogP contribution in [-0.4, -0.2) is 12.2 Å². The van der Waals surface area contributed by atoms with Crippen molar-refractivity contribution in [3.63, 3.8) is 0 Å². The van der Waals surface area contributed by atoms with Crippen molar-refractivity contribution >= 4 is 52.4 Å². The summed E-state index contributed by atoms with van der Waals surface area (Å²) in [6.07, 6.45) is 1.93. The molecular weight excluding hydrogens is 504 g/mol. The summed E-state index contributed by atoms with van der Waals surface area (Å²) in [5, 5.41) is 6.53. The maximum atomic E-state index is 12.2. The van der Waals surface area contributed by atoms with E-state index in [4.69, 9.17) is 30.2 Å². The highest BCUT2D eigenvalue weighted by Gasteiger charge is 2.51. The summed E-state index contributed by atoms with van der Waals surface area (Å²) in [6, 6.07) is 31.0. The van der Waals surface area contributed by atoms with E-state index in [1.54, 1.807) is 0 Å². The summed E-state index contributed by atoms with van der Waals surface area (Å²) in [5.74, 6) is -0.130. The average Bonchev–Trinajstić information content (AvgIpc) is 2.79. The second-order valence-electron chi connectivity index (χ2n) is 6.56. The number of amides is 1. The van der Waals surface area contributed by atoms with Gasteiger partial charge in [0.05, 0.1) is 0 Å². The summed E-state index contributed by atoms with van der Waals surface area (Å²) in [6.45, 7) is 1.53. The van der Waals surface area contributed by atoms with Crippen molar-refractivity contribution in [1.82, 2.24) is 5.32 Å². The van der Waals surface area contributed by atoms with Crippen molar-refractivity contribution in [2.24, 2.45) is 0 Å². The Morgan fingerprint density at radius 2 is 1.09 bits per heavy atom. The number of benzene rings is 3. The lowest BCUT2D eigenvalue weighted by molar-refractivity contribution is -2.00. The Hall–Kier alpha value is -1.93. The maximum Gasteiger partial charge on any atom is 0.223 e. The number of halogens is 2. The molecule has 3 rings (SSSR count). The molecule has 0 radical (unpaired) electrons. The first kappa shape index (κ1) is 27.3. The number of carbonyl (C=O) groups excluding carboxylic acids is 1. The Labute approximate surface area is 205 Å². The molecule has 174 valence electrons. The highest BCUT2D eigenvalue weighted by Crippen LogP contribution is 2.63. The first-order valence-corrected chi connectivity index (χ1v) is 14.1. The fourth-order valence-corrected chi connectivity index (χ4v) is 8.79. The van der Waals surface area contributed by atoms with E-state index in [9.17, 15) is 4.79 Å². The van der Waals surface area contributed by atoms with E-state index in [1.807, 2.05) is 60.9 Å².